The molecule has 0 saturated carbocycles. The van der Waals surface area contributed by atoms with Crippen LogP contribution < -0.4 is 0 Å². The van der Waals surface area contributed by atoms with E-state index in [1.807, 2.05) is 31.2 Å². The van der Waals surface area contributed by atoms with Gasteiger partial charge >= 0.3 is 0 Å². The van der Waals surface area contributed by atoms with Crippen LogP contribution in [0.3, 0.4) is 0 Å². The van der Waals surface area contributed by atoms with Gasteiger partial charge in [0.2, 0.25) is 0 Å². The van der Waals surface area contributed by atoms with Gasteiger partial charge < -0.3 is 4.90 Å². The van der Waals surface area contributed by atoms with Gasteiger partial charge in [-0.3, -0.25) is 4.79 Å². The van der Waals surface area contributed by atoms with Gasteiger partial charge in [-0.25, -0.2) is 0 Å². The van der Waals surface area contributed by atoms with Gasteiger partial charge in [0.05, 0.1) is 21.5 Å². The van der Waals surface area contributed by atoms with Crippen molar-refractivity contribution in [1.29, 1.82) is 0 Å². The van der Waals surface area contributed by atoms with E-state index in [-0.39, 0.29) is 5.91 Å². The van der Waals surface area contributed by atoms with Crippen molar-refractivity contribution < 1.29 is 4.79 Å². The molecule has 0 N–H and O–H groups in total. The highest BCUT2D eigenvalue weighted by Crippen LogP contribution is 2.24. The lowest BCUT2D eigenvalue weighted by molar-refractivity contribution is 0.0754. The maximum atomic E-state index is 12.4. The second-order valence-corrected chi connectivity index (χ2v) is 6.21. The standard InChI is InChI=1S/C14H13Cl2NOS/c1-2-17(9-10-7-8-13(16)19-10)14(18)11-5-3-4-6-12(11)15/h3-8H,2,9H2,1H3. The Morgan fingerprint density at radius 1 is 1.21 bits per heavy atom. The summed E-state index contributed by atoms with van der Waals surface area (Å²) >= 11 is 13.5. The first-order valence-electron chi connectivity index (χ1n) is 5.90. The SMILES string of the molecule is CCN(Cc1ccc(Cl)s1)C(=O)c1ccccc1Cl. The van der Waals surface area contributed by atoms with Crippen molar-refractivity contribution in [1.82, 2.24) is 4.90 Å². The molecule has 1 aromatic carbocycles. The van der Waals surface area contributed by atoms with Crippen molar-refractivity contribution in [2.45, 2.75) is 13.5 Å². The van der Waals surface area contributed by atoms with Gasteiger partial charge in [0.25, 0.3) is 5.91 Å². The van der Waals surface area contributed by atoms with E-state index in [9.17, 15) is 4.79 Å². The average molecular weight is 314 g/mol. The highest BCUT2D eigenvalue weighted by Gasteiger charge is 2.17. The van der Waals surface area contributed by atoms with E-state index >= 15 is 0 Å². The van der Waals surface area contributed by atoms with Crippen molar-refractivity contribution in [3.05, 3.63) is 56.2 Å². The fourth-order valence-corrected chi connectivity index (χ4v) is 3.08. The molecular weight excluding hydrogens is 301 g/mol. The largest absolute Gasteiger partial charge is 0.334 e. The van der Waals surface area contributed by atoms with E-state index < -0.39 is 0 Å². The molecule has 5 heteroatoms. The number of rotatable bonds is 4. The van der Waals surface area contributed by atoms with Crippen LogP contribution in [0.1, 0.15) is 22.2 Å². The number of benzene rings is 1. The molecule has 1 heterocycles. The van der Waals surface area contributed by atoms with Crippen molar-refractivity contribution in [2.24, 2.45) is 0 Å². The van der Waals surface area contributed by atoms with E-state index in [0.717, 1.165) is 9.21 Å². The van der Waals surface area contributed by atoms with Gasteiger partial charge in [-0.1, -0.05) is 35.3 Å². The van der Waals surface area contributed by atoms with Gasteiger partial charge in [0, 0.05) is 11.4 Å². The smallest absolute Gasteiger partial charge is 0.255 e. The van der Waals surface area contributed by atoms with Crippen molar-refractivity contribution in [3.8, 4) is 0 Å². The zero-order valence-electron chi connectivity index (χ0n) is 10.4. The predicted octanol–water partition coefficient (Wildman–Crippen LogP) is 4.72. The summed E-state index contributed by atoms with van der Waals surface area (Å²) < 4.78 is 0.733. The summed E-state index contributed by atoms with van der Waals surface area (Å²) in [4.78, 5) is 15.2. The third-order valence-electron chi connectivity index (χ3n) is 2.75. The Bertz CT molecular complexity index is 582. The number of nitrogens with zero attached hydrogens (tertiary/aromatic N) is 1. The van der Waals surface area contributed by atoms with Crippen molar-refractivity contribution in [3.63, 3.8) is 0 Å². The van der Waals surface area contributed by atoms with Crippen LogP contribution >= 0.6 is 34.5 Å². The van der Waals surface area contributed by atoms with E-state index in [4.69, 9.17) is 23.2 Å². The zero-order chi connectivity index (χ0) is 13.8. The lowest BCUT2D eigenvalue weighted by Gasteiger charge is -2.20. The summed E-state index contributed by atoms with van der Waals surface area (Å²) in [6.45, 7) is 3.13. The normalized spacial score (nSPS) is 10.5. The Morgan fingerprint density at radius 3 is 2.53 bits per heavy atom. The molecule has 100 valence electrons. The molecule has 0 bridgehead atoms. The molecule has 1 amide bonds. The number of thiophene rings is 1. The van der Waals surface area contributed by atoms with Crippen LogP contribution in [0.4, 0.5) is 0 Å². The third-order valence-corrected chi connectivity index (χ3v) is 4.29. The fraction of sp³-hybridized carbons (Fsp3) is 0.214. The molecule has 0 aliphatic carbocycles. The molecule has 0 aliphatic rings. The summed E-state index contributed by atoms with van der Waals surface area (Å²) in [5.74, 6) is -0.0578. The number of amides is 1. The van der Waals surface area contributed by atoms with Crippen LogP contribution in [0, 0.1) is 0 Å². The van der Waals surface area contributed by atoms with Crippen LogP contribution in [-0.2, 0) is 6.54 Å². The van der Waals surface area contributed by atoms with Gasteiger partial charge in [-0.2, -0.15) is 0 Å². The summed E-state index contributed by atoms with van der Waals surface area (Å²) in [6.07, 6.45) is 0. The van der Waals surface area contributed by atoms with Crippen LogP contribution in [0.25, 0.3) is 0 Å². The lowest BCUT2D eigenvalue weighted by atomic mass is 10.2. The highest BCUT2D eigenvalue weighted by molar-refractivity contribution is 7.16. The Balaban J connectivity index is 2.18. The highest BCUT2D eigenvalue weighted by atomic mass is 35.5. The summed E-state index contributed by atoms with van der Waals surface area (Å²) in [7, 11) is 0. The Hall–Kier alpha value is -1.03. The molecule has 1 aromatic heterocycles. The molecule has 0 unspecified atom stereocenters. The minimum absolute atomic E-state index is 0.0578. The van der Waals surface area contributed by atoms with Crippen LogP contribution in [0.2, 0.25) is 9.36 Å². The van der Waals surface area contributed by atoms with Gasteiger partial charge in [-0.15, -0.1) is 11.3 Å². The van der Waals surface area contributed by atoms with Gasteiger partial charge in [-0.05, 0) is 31.2 Å². The number of halogens is 2. The first-order valence-corrected chi connectivity index (χ1v) is 7.47. The number of hydrogen-bond acceptors (Lipinski definition) is 2. The van der Waals surface area contributed by atoms with Crippen LogP contribution in [0.15, 0.2) is 36.4 Å². The zero-order valence-corrected chi connectivity index (χ0v) is 12.7. The van der Waals surface area contributed by atoms with Crippen LogP contribution in [-0.4, -0.2) is 17.4 Å². The first kappa shape index (κ1) is 14.4. The average Bonchev–Trinajstić information content (AvgIpc) is 2.81. The van der Waals surface area contributed by atoms with E-state index in [1.54, 1.807) is 17.0 Å². The number of hydrogen-bond donors (Lipinski definition) is 0. The number of carbonyl (C=O) groups excluding carboxylic acids is 1. The molecule has 0 saturated heterocycles. The quantitative estimate of drug-likeness (QED) is 0.800. The predicted molar refractivity (Wildman–Crippen MR) is 81.2 cm³/mol. The molecular formula is C14H13Cl2NOS. The summed E-state index contributed by atoms with van der Waals surface area (Å²) in [6, 6.07) is 10.9. The minimum Gasteiger partial charge on any atom is -0.334 e. The molecule has 19 heavy (non-hydrogen) atoms. The lowest BCUT2D eigenvalue weighted by Crippen LogP contribution is -2.30. The molecule has 2 rings (SSSR count). The fourth-order valence-electron chi connectivity index (χ4n) is 1.76. The maximum absolute atomic E-state index is 12.4. The van der Waals surface area contributed by atoms with E-state index in [2.05, 4.69) is 0 Å². The van der Waals surface area contributed by atoms with Gasteiger partial charge in [0.15, 0.2) is 0 Å². The van der Waals surface area contributed by atoms with E-state index in [1.165, 1.54) is 11.3 Å². The Labute approximate surface area is 126 Å². The van der Waals surface area contributed by atoms with Crippen molar-refractivity contribution >= 4 is 40.4 Å². The molecule has 2 nitrogen and oxygen atoms in total. The Morgan fingerprint density at radius 2 is 1.95 bits per heavy atom. The van der Waals surface area contributed by atoms with E-state index in [0.29, 0.717) is 23.7 Å². The maximum Gasteiger partial charge on any atom is 0.255 e. The molecule has 0 atom stereocenters. The monoisotopic (exact) mass is 313 g/mol. The summed E-state index contributed by atoms with van der Waals surface area (Å²) in [5, 5.41) is 0.482. The summed E-state index contributed by atoms with van der Waals surface area (Å²) in [5.41, 5.74) is 0.536. The second kappa shape index (κ2) is 6.42. The molecule has 0 aliphatic heterocycles. The van der Waals surface area contributed by atoms with Gasteiger partial charge in [0.1, 0.15) is 0 Å². The molecule has 0 radical (unpaired) electrons. The second-order valence-electron chi connectivity index (χ2n) is 4.00. The molecule has 0 spiro atoms. The van der Waals surface area contributed by atoms with Crippen LogP contribution in [0.5, 0.6) is 0 Å². The number of carbonyl (C=O) groups is 1. The molecule has 2 aromatic rings. The first-order chi connectivity index (χ1) is 9.11. The minimum atomic E-state index is -0.0578. The topological polar surface area (TPSA) is 20.3 Å². The van der Waals surface area contributed by atoms with Crippen molar-refractivity contribution in [2.75, 3.05) is 6.54 Å². The Kier molecular flexibility index (Phi) is 4.86. The third kappa shape index (κ3) is 3.50. The molecule has 0 fully saturated rings.